The van der Waals surface area contributed by atoms with E-state index in [0.717, 1.165) is 21.1 Å². The van der Waals surface area contributed by atoms with Gasteiger partial charge in [-0.1, -0.05) is 23.8 Å². The molecule has 0 fully saturated rings. The summed E-state index contributed by atoms with van der Waals surface area (Å²) in [6.45, 7) is 6.06. The first-order chi connectivity index (χ1) is 8.52. The fraction of sp³-hybridized carbons (Fsp3) is 0.357. The molecule has 4 heteroatoms. The number of aromatic nitrogens is 1. The highest BCUT2D eigenvalue weighted by atomic mass is 32.1. The monoisotopic (exact) mass is 262 g/mol. The summed E-state index contributed by atoms with van der Waals surface area (Å²) in [6, 6.07) is 6.00. The second-order valence-corrected chi connectivity index (χ2v) is 5.61. The minimum Gasteiger partial charge on any atom is -0.394 e. The van der Waals surface area contributed by atoms with Gasteiger partial charge < -0.3 is 10.8 Å². The van der Waals surface area contributed by atoms with E-state index in [4.69, 9.17) is 10.8 Å². The van der Waals surface area contributed by atoms with Crippen molar-refractivity contribution in [1.29, 1.82) is 0 Å². The van der Waals surface area contributed by atoms with Gasteiger partial charge in [-0.25, -0.2) is 4.98 Å². The van der Waals surface area contributed by atoms with Gasteiger partial charge in [0.15, 0.2) is 0 Å². The second-order valence-electron chi connectivity index (χ2n) is 4.58. The largest absolute Gasteiger partial charge is 0.394 e. The Bertz CT molecular complexity index is 563. The lowest BCUT2D eigenvalue weighted by Gasteiger charge is -2.05. The molecule has 0 radical (unpaired) electrons. The average Bonchev–Trinajstić information content (AvgIpc) is 2.70. The van der Waals surface area contributed by atoms with Crippen molar-refractivity contribution in [2.24, 2.45) is 5.73 Å². The number of rotatable bonds is 3. The number of nitrogens with two attached hydrogens (primary N) is 1. The molecule has 0 aliphatic rings. The van der Waals surface area contributed by atoms with E-state index in [1.807, 2.05) is 6.92 Å². The van der Waals surface area contributed by atoms with Gasteiger partial charge >= 0.3 is 0 Å². The third-order valence-electron chi connectivity index (χ3n) is 2.98. The van der Waals surface area contributed by atoms with E-state index >= 15 is 0 Å². The maximum atomic E-state index is 9.14. The van der Waals surface area contributed by atoms with E-state index in [9.17, 15) is 0 Å². The van der Waals surface area contributed by atoms with E-state index in [1.54, 1.807) is 11.3 Å². The van der Waals surface area contributed by atoms with Crippen molar-refractivity contribution in [2.75, 3.05) is 6.61 Å². The highest BCUT2D eigenvalue weighted by Crippen LogP contribution is 2.32. The minimum absolute atomic E-state index is 0.0463. The topological polar surface area (TPSA) is 59.1 Å². The smallest absolute Gasteiger partial charge is 0.124 e. The molecule has 1 atom stereocenters. The van der Waals surface area contributed by atoms with Crippen LogP contribution in [-0.4, -0.2) is 16.7 Å². The lowest BCUT2D eigenvalue weighted by molar-refractivity contribution is 0.269. The molecular formula is C14H18N2OS. The van der Waals surface area contributed by atoms with Crippen LogP contribution < -0.4 is 5.73 Å². The molecule has 1 heterocycles. The van der Waals surface area contributed by atoms with E-state index in [0.29, 0.717) is 0 Å². The first kappa shape index (κ1) is 13.2. The van der Waals surface area contributed by atoms with Gasteiger partial charge in [-0.05, 0) is 26.3 Å². The number of aliphatic hydroxyl groups is 1. The fourth-order valence-corrected chi connectivity index (χ4v) is 3.15. The molecule has 3 N–H and O–H groups in total. The Morgan fingerprint density at radius 2 is 2.06 bits per heavy atom. The maximum Gasteiger partial charge on any atom is 0.124 e. The summed E-state index contributed by atoms with van der Waals surface area (Å²) in [5.41, 5.74) is 10.4. The van der Waals surface area contributed by atoms with Crippen molar-refractivity contribution in [3.05, 3.63) is 39.9 Å². The summed E-state index contributed by atoms with van der Waals surface area (Å²) < 4.78 is 0. The van der Waals surface area contributed by atoms with Crippen LogP contribution in [0.2, 0.25) is 0 Å². The molecule has 0 saturated heterocycles. The SMILES string of the molecule is Cc1ccc(-c2nc(C)c(C(N)CO)s2)c(C)c1. The van der Waals surface area contributed by atoms with Crippen LogP contribution in [-0.2, 0) is 0 Å². The van der Waals surface area contributed by atoms with Crippen LogP contribution in [0, 0.1) is 20.8 Å². The van der Waals surface area contributed by atoms with Crippen molar-refractivity contribution in [1.82, 2.24) is 4.98 Å². The highest BCUT2D eigenvalue weighted by Gasteiger charge is 2.15. The van der Waals surface area contributed by atoms with Gasteiger partial charge in [0.25, 0.3) is 0 Å². The number of nitrogens with zero attached hydrogens (tertiary/aromatic N) is 1. The van der Waals surface area contributed by atoms with E-state index in [1.165, 1.54) is 11.1 Å². The Morgan fingerprint density at radius 1 is 1.33 bits per heavy atom. The van der Waals surface area contributed by atoms with Crippen LogP contribution in [0.15, 0.2) is 18.2 Å². The quantitative estimate of drug-likeness (QED) is 0.894. The molecule has 0 aliphatic carbocycles. The lowest BCUT2D eigenvalue weighted by Crippen LogP contribution is -2.13. The Hall–Kier alpha value is -1.23. The zero-order valence-corrected chi connectivity index (χ0v) is 11.7. The predicted molar refractivity (Wildman–Crippen MR) is 75.8 cm³/mol. The number of aliphatic hydroxyl groups excluding tert-OH is 1. The third-order valence-corrected chi connectivity index (χ3v) is 4.30. The molecule has 3 nitrogen and oxygen atoms in total. The van der Waals surface area contributed by atoms with Gasteiger partial charge in [-0.15, -0.1) is 11.3 Å². The first-order valence-corrected chi connectivity index (χ1v) is 6.76. The van der Waals surface area contributed by atoms with Crippen molar-refractivity contribution in [3.63, 3.8) is 0 Å². The van der Waals surface area contributed by atoms with Gasteiger partial charge in [0.05, 0.1) is 18.3 Å². The van der Waals surface area contributed by atoms with Crippen LogP contribution in [0.1, 0.15) is 27.7 Å². The van der Waals surface area contributed by atoms with Gasteiger partial charge in [0.1, 0.15) is 5.01 Å². The molecule has 2 aromatic rings. The normalized spacial score (nSPS) is 12.7. The van der Waals surface area contributed by atoms with Gasteiger partial charge in [-0.2, -0.15) is 0 Å². The van der Waals surface area contributed by atoms with Crippen molar-refractivity contribution < 1.29 is 5.11 Å². The van der Waals surface area contributed by atoms with Crippen LogP contribution in [0.4, 0.5) is 0 Å². The summed E-state index contributed by atoms with van der Waals surface area (Å²) in [5.74, 6) is 0. The molecule has 0 aliphatic heterocycles. The van der Waals surface area contributed by atoms with Gasteiger partial charge in [-0.3, -0.25) is 0 Å². The lowest BCUT2D eigenvalue weighted by atomic mass is 10.1. The molecule has 0 bridgehead atoms. The minimum atomic E-state index is -0.331. The van der Waals surface area contributed by atoms with E-state index in [2.05, 4.69) is 37.0 Å². The molecule has 1 aromatic heterocycles. The van der Waals surface area contributed by atoms with Crippen molar-refractivity contribution in [3.8, 4) is 10.6 Å². The molecule has 18 heavy (non-hydrogen) atoms. The van der Waals surface area contributed by atoms with Gasteiger partial charge in [0, 0.05) is 10.4 Å². The summed E-state index contributed by atoms with van der Waals surface area (Å²) in [6.07, 6.45) is 0. The third kappa shape index (κ3) is 2.46. The van der Waals surface area contributed by atoms with E-state index in [-0.39, 0.29) is 12.6 Å². The summed E-state index contributed by atoms with van der Waals surface area (Å²) in [4.78, 5) is 5.53. The van der Waals surface area contributed by atoms with Crippen molar-refractivity contribution in [2.45, 2.75) is 26.8 Å². The number of aryl methyl sites for hydroxylation is 3. The fourth-order valence-electron chi connectivity index (χ4n) is 2.00. The number of hydrogen-bond acceptors (Lipinski definition) is 4. The summed E-state index contributed by atoms with van der Waals surface area (Å²) in [7, 11) is 0. The molecule has 1 unspecified atom stereocenters. The highest BCUT2D eigenvalue weighted by molar-refractivity contribution is 7.15. The summed E-state index contributed by atoms with van der Waals surface area (Å²) in [5, 5.41) is 10.1. The Labute approximate surface area is 111 Å². The number of hydrogen-bond donors (Lipinski definition) is 2. The van der Waals surface area contributed by atoms with Crippen molar-refractivity contribution >= 4 is 11.3 Å². The predicted octanol–water partition coefficient (Wildman–Crippen LogP) is 2.73. The molecule has 0 spiro atoms. The Morgan fingerprint density at radius 3 is 2.67 bits per heavy atom. The van der Waals surface area contributed by atoms with Crippen LogP contribution in [0.3, 0.4) is 0 Å². The second kappa shape index (κ2) is 5.18. The zero-order valence-electron chi connectivity index (χ0n) is 10.9. The summed E-state index contributed by atoms with van der Waals surface area (Å²) >= 11 is 1.57. The molecular weight excluding hydrogens is 244 g/mol. The van der Waals surface area contributed by atoms with Crippen LogP contribution >= 0.6 is 11.3 Å². The standard InChI is InChI=1S/C14H18N2OS/c1-8-4-5-11(9(2)6-8)14-16-10(3)13(18-14)12(15)7-17/h4-6,12,17H,7,15H2,1-3H3. The zero-order chi connectivity index (χ0) is 13.3. The van der Waals surface area contributed by atoms with Crippen LogP contribution in [0.5, 0.6) is 0 Å². The first-order valence-electron chi connectivity index (χ1n) is 5.94. The number of thiazole rings is 1. The molecule has 0 saturated carbocycles. The van der Waals surface area contributed by atoms with Crippen LogP contribution in [0.25, 0.3) is 10.6 Å². The molecule has 0 amide bonds. The average molecular weight is 262 g/mol. The Kier molecular flexibility index (Phi) is 3.80. The Balaban J connectivity index is 2.45. The number of benzene rings is 1. The van der Waals surface area contributed by atoms with Gasteiger partial charge in [0.2, 0.25) is 0 Å². The maximum absolute atomic E-state index is 9.14. The molecule has 1 aromatic carbocycles. The molecule has 96 valence electrons. The van der Waals surface area contributed by atoms with E-state index < -0.39 is 0 Å². The molecule has 2 rings (SSSR count).